The van der Waals surface area contributed by atoms with Crippen LogP contribution in [-0.4, -0.2) is 19.7 Å². The Morgan fingerprint density at radius 3 is 2.36 bits per heavy atom. The van der Waals surface area contributed by atoms with Gasteiger partial charge in [0, 0.05) is 6.04 Å². The number of benzene rings is 1. The molecule has 1 N–H and O–H groups in total. The molecule has 78 valence electrons. The van der Waals surface area contributed by atoms with E-state index in [0.717, 1.165) is 18.7 Å². The molecule has 0 fully saturated rings. The highest BCUT2D eigenvalue weighted by atomic mass is 16.5. The van der Waals surface area contributed by atoms with Gasteiger partial charge < -0.3 is 10.1 Å². The first-order chi connectivity index (χ1) is 6.72. The van der Waals surface area contributed by atoms with Gasteiger partial charge in [0.25, 0.3) is 0 Å². The molecule has 0 saturated carbocycles. The molecule has 0 aliphatic heterocycles. The summed E-state index contributed by atoms with van der Waals surface area (Å²) in [4.78, 5) is 0. The maximum atomic E-state index is 5.10. The molecule has 1 aromatic rings. The van der Waals surface area contributed by atoms with Crippen molar-refractivity contribution in [3.05, 3.63) is 29.8 Å². The van der Waals surface area contributed by atoms with E-state index in [0.29, 0.717) is 6.04 Å². The maximum absolute atomic E-state index is 5.10. The van der Waals surface area contributed by atoms with Gasteiger partial charge in [-0.15, -0.1) is 0 Å². The molecule has 0 aliphatic carbocycles. The highest BCUT2D eigenvalue weighted by molar-refractivity contribution is 5.27. The van der Waals surface area contributed by atoms with Gasteiger partial charge in [-0.2, -0.15) is 0 Å². The molecule has 0 amide bonds. The zero-order valence-electron chi connectivity index (χ0n) is 9.21. The summed E-state index contributed by atoms with van der Waals surface area (Å²) >= 11 is 0. The fourth-order valence-electron chi connectivity index (χ4n) is 1.30. The van der Waals surface area contributed by atoms with Crippen LogP contribution in [0.2, 0.25) is 0 Å². The molecule has 0 unspecified atom stereocenters. The molecule has 0 heterocycles. The summed E-state index contributed by atoms with van der Waals surface area (Å²) < 4.78 is 5.10. The zero-order chi connectivity index (χ0) is 10.4. The first-order valence-corrected chi connectivity index (χ1v) is 5.08. The molecule has 0 saturated heterocycles. The maximum Gasteiger partial charge on any atom is 0.118 e. The van der Waals surface area contributed by atoms with Crippen molar-refractivity contribution in [1.29, 1.82) is 0 Å². The Labute approximate surface area is 86.3 Å². The van der Waals surface area contributed by atoms with Gasteiger partial charge in [-0.05, 0) is 30.7 Å². The number of hydrogen-bond donors (Lipinski definition) is 1. The van der Waals surface area contributed by atoms with Gasteiger partial charge >= 0.3 is 0 Å². The zero-order valence-corrected chi connectivity index (χ0v) is 9.21. The van der Waals surface area contributed by atoms with Crippen molar-refractivity contribution in [3.63, 3.8) is 0 Å². The van der Waals surface area contributed by atoms with Crippen LogP contribution in [0.5, 0.6) is 5.75 Å². The Bertz CT molecular complexity index is 254. The van der Waals surface area contributed by atoms with Crippen LogP contribution in [-0.2, 0) is 6.42 Å². The van der Waals surface area contributed by atoms with Crippen molar-refractivity contribution < 1.29 is 4.74 Å². The largest absolute Gasteiger partial charge is 0.497 e. The molecule has 2 heteroatoms. The average molecular weight is 193 g/mol. The first-order valence-electron chi connectivity index (χ1n) is 5.08. The number of ether oxygens (including phenoxy) is 1. The van der Waals surface area contributed by atoms with Crippen molar-refractivity contribution in [2.24, 2.45) is 0 Å². The Morgan fingerprint density at radius 1 is 1.21 bits per heavy atom. The fourth-order valence-corrected chi connectivity index (χ4v) is 1.30. The first kappa shape index (κ1) is 11.1. The number of nitrogens with one attached hydrogen (secondary N) is 1. The summed E-state index contributed by atoms with van der Waals surface area (Å²) in [6, 6.07) is 8.80. The lowest BCUT2D eigenvalue weighted by atomic mass is 10.1. The lowest BCUT2D eigenvalue weighted by Crippen LogP contribution is -2.24. The molecule has 0 atom stereocenters. The lowest BCUT2D eigenvalue weighted by molar-refractivity contribution is 0.414. The Morgan fingerprint density at radius 2 is 1.86 bits per heavy atom. The van der Waals surface area contributed by atoms with Crippen LogP contribution in [0.4, 0.5) is 0 Å². The second-order valence-electron chi connectivity index (χ2n) is 3.71. The van der Waals surface area contributed by atoms with Crippen molar-refractivity contribution in [1.82, 2.24) is 5.32 Å². The van der Waals surface area contributed by atoms with Gasteiger partial charge in [-0.3, -0.25) is 0 Å². The molecule has 0 radical (unpaired) electrons. The van der Waals surface area contributed by atoms with E-state index < -0.39 is 0 Å². The van der Waals surface area contributed by atoms with E-state index in [1.807, 2.05) is 12.1 Å². The van der Waals surface area contributed by atoms with Gasteiger partial charge in [0.2, 0.25) is 0 Å². The number of hydrogen-bond acceptors (Lipinski definition) is 2. The van der Waals surface area contributed by atoms with Gasteiger partial charge in [0.15, 0.2) is 0 Å². The summed E-state index contributed by atoms with van der Waals surface area (Å²) in [7, 11) is 1.69. The lowest BCUT2D eigenvalue weighted by Gasteiger charge is -2.08. The predicted molar refractivity (Wildman–Crippen MR) is 59.8 cm³/mol. The number of rotatable bonds is 5. The summed E-state index contributed by atoms with van der Waals surface area (Å²) in [5.41, 5.74) is 1.35. The third-order valence-electron chi connectivity index (χ3n) is 2.13. The van der Waals surface area contributed by atoms with E-state index in [2.05, 4.69) is 31.3 Å². The van der Waals surface area contributed by atoms with E-state index in [9.17, 15) is 0 Å². The topological polar surface area (TPSA) is 21.3 Å². The summed E-state index contributed by atoms with van der Waals surface area (Å²) in [6.07, 6.45) is 1.07. The Balaban J connectivity index is 2.36. The molecule has 0 aliphatic rings. The molecule has 2 nitrogen and oxygen atoms in total. The van der Waals surface area contributed by atoms with Crippen molar-refractivity contribution in [2.45, 2.75) is 26.3 Å². The van der Waals surface area contributed by atoms with E-state index in [4.69, 9.17) is 4.74 Å². The van der Waals surface area contributed by atoms with Crippen LogP contribution in [0.1, 0.15) is 19.4 Å². The predicted octanol–water partition coefficient (Wildman–Crippen LogP) is 2.24. The van der Waals surface area contributed by atoms with Crippen LogP contribution < -0.4 is 10.1 Å². The van der Waals surface area contributed by atoms with E-state index in [-0.39, 0.29) is 0 Å². The van der Waals surface area contributed by atoms with Crippen molar-refractivity contribution in [3.8, 4) is 5.75 Å². The van der Waals surface area contributed by atoms with E-state index in [1.54, 1.807) is 7.11 Å². The standard InChI is InChI=1S/C12H19NO/c1-10(2)13-9-8-11-4-6-12(14-3)7-5-11/h4-7,10,13H,8-9H2,1-3H3. The van der Waals surface area contributed by atoms with Crippen molar-refractivity contribution >= 4 is 0 Å². The van der Waals surface area contributed by atoms with Gasteiger partial charge in [0.05, 0.1) is 7.11 Å². The molecular formula is C12H19NO. The summed E-state index contributed by atoms with van der Waals surface area (Å²) in [6.45, 7) is 5.35. The van der Waals surface area contributed by atoms with Crippen LogP contribution in [0.3, 0.4) is 0 Å². The number of methoxy groups -OCH3 is 1. The molecular weight excluding hydrogens is 174 g/mol. The Kier molecular flexibility index (Phi) is 4.47. The van der Waals surface area contributed by atoms with E-state index >= 15 is 0 Å². The second kappa shape index (κ2) is 5.66. The molecule has 0 bridgehead atoms. The van der Waals surface area contributed by atoms with Crippen LogP contribution in [0, 0.1) is 0 Å². The average Bonchev–Trinajstić information content (AvgIpc) is 2.18. The summed E-state index contributed by atoms with van der Waals surface area (Å²) in [5, 5.41) is 3.39. The van der Waals surface area contributed by atoms with E-state index in [1.165, 1.54) is 5.56 Å². The molecule has 14 heavy (non-hydrogen) atoms. The smallest absolute Gasteiger partial charge is 0.118 e. The Hall–Kier alpha value is -1.02. The van der Waals surface area contributed by atoms with Gasteiger partial charge in [0.1, 0.15) is 5.75 Å². The SMILES string of the molecule is COc1ccc(CCNC(C)C)cc1. The molecule has 0 aromatic heterocycles. The minimum Gasteiger partial charge on any atom is -0.497 e. The highest BCUT2D eigenvalue weighted by Gasteiger charge is 1.95. The van der Waals surface area contributed by atoms with Crippen LogP contribution >= 0.6 is 0 Å². The normalized spacial score (nSPS) is 10.6. The third kappa shape index (κ3) is 3.79. The highest BCUT2D eigenvalue weighted by Crippen LogP contribution is 2.11. The second-order valence-corrected chi connectivity index (χ2v) is 3.71. The molecule has 1 rings (SSSR count). The molecule has 1 aromatic carbocycles. The minimum atomic E-state index is 0.563. The van der Waals surface area contributed by atoms with Crippen LogP contribution in [0.15, 0.2) is 24.3 Å². The minimum absolute atomic E-state index is 0.563. The van der Waals surface area contributed by atoms with Gasteiger partial charge in [-0.1, -0.05) is 26.0 Å². The van der Waals surface area contributed by atoms with Crippen LogP contribution in [0.25, 0.3) is 0 Å². The van der Waals surface area contributed by atoms with Crippen molar-refractivity contribution in [2.75, 3.05) is 13.7 Å². The quantitative estimate of drug-likeness (QED) is 0.774. The third-order valence-corrected chi connectivity index (χ3v) is 2.13. The monoisotopic (exact) mass is 193 g/mol. The molecule has 0 spiro atoms. The van der Waals surface area contributed by atoms with Gasteiger partial charge in [-0.25, -0.2) is 0 Å². The fraction of sp³-hybridized carbons (Fsp3) is 0.500. The summed E-state index contributed by atoms with van der Waals surface area (Å²) in [5.74, 6) is 0.922.